The number of hydrogen-bond acceptors (Lipinski definition) is 3. The van der Waals surface area contributed by atoms with Crippen LogP contribution in [0, 0.1) is 11.6 Å². The van der Waals surface area contributed by atoms with Gasteiger partial charge < -0.3 is 9.84 Å². The van der Waals surface area contributed by atoms with Crippen LogP contribution in [0.3, 0.4) is 0 Å². The van der Waals surface area contributed by atoms with Gasteiger partial charge in [-0.1, -0.05) is 0 Å². The number of anilines is 1. The number of benzene rings is 1. The highest BCUT2D eigenvalue weighted by atomic mass is 19.1. The minimum atomic E-state index is -1.03. The quantitative estimate of drug-likeness (QED) is 0.748. The fourth-order valence-corrected chi connectivity index (χ4v) is 1.05. The summed E-state index contributed by atoms with van der Waals surface area (Å²) in [5, 5.41) is 10.9. The lowest BCUT2D eigenvalue weighted by atomic mass is 10.2. The van der Waals surface area contributed by atoms with Crippen LogP contribution in [0.15, 0.2) is 12.1 Å². The van der Waals surface area contributed by atoms with Crippen molar-refractivity contribution in [2.45, 2.75) is 26.4 Å². The van der Waals surface area contributed by atoms with Gasteiger partial charge in [-0.2, -0.15) is 0 Å². The van der Waals surface area contributed by atoms with Crippen LogP contribution in [-0.4, -0.2) is 16.8 Å². The van der Waals surface area contributed by atoms with Crippen LogP contribution in [0.5, 0.6) is 5.75 Å². The van der Waals surface area contributed by atoms with E-state index in [2.05, 4.69) is 0 Å². The molecule has 0 radical (unpaired) electrons. The molecule has 17 heavy (non-hydrogen) atoms. The lowest BCUT2D eigenvalue weighted by molar-refractivity contribution is 0.0635. The van der Waals surface area contributed by atoms with Crippen LogP contribution in [0.25, 0.3) is 0 Å². The van der Waals surface area contributed by atoms with Crippen LogP contribution in [0.1, 0.15) is 20.8 Å². The third kappa shape index (κ3) is 3.90. The number of aromatic hydroxyl groups is 1. The van der Waals surface area contributed by atoms with Gasteiger partial charge >= 0.3 is 6.09 Å². The Bertz CT molecular complexity index is 441. The highest BCUT2D eigenvalue weighted by Crippen LogP contribution is 2.24. The number of carbonyl (C=O) groups excluding carboxylic acids is 1. The van der Waals surface area contributed by atoms with Crippen molar-refractivity contribution in [1.29, 1.82) is 0 Å². The van der Waals surface area contributed by atoms with Crippen molar-refractivity contribution in [2.75, 3.05) is 5.32 Å². The number of carbonyl (C=O) groups is 1. The Balaban J connectivity index is 2.82. The molecule has 4 nitrogen and oxygen atoms in total. The van der Waals surface area contributed by atoms with Gasteiger partial charge in [-0.15, -0.1) is 0 Å². The summed E-state index contributed by atoms with van der Waals surface area (Å²) >= 11 is 0. The Labute approximate surface area is 97.2 Å². The van der Waals surface area contributed by atoms with Gasteiger partial charge in [-0.05, 0) is 20.8 Å². The van der Waals surface area contributed by atoms with Gasteiger partial charge in [0, 0.05) is 12.1 Å². The Morgan fingerprint density at radius 1 is 1.29 bits per heavy atom. The summed E-state index contributed by atoms with van der Waals surface area (Å²) in [5.74, 6) is -2.80. The smallest absolute Gasteiger partial charge is 0.412 e. The second-order valence-corrected chi connectivity index (χ2v) is 4.41. The number of rotatable bonds is 1. The van der Waals surface area contributed by atoms with Gasteiger partial charge in [0.15, 0.2) is 17.4 Å². The average molecular weight is 245 g/mol. The molecule has 0 saturated carbocycles. The molecule has 0 aliphatic rings. The number of phenolic OH excluding ortho intramolecular Hbond substituents is 1. The monoisotopic (exact) mass is 245 g/mol. The summed E-state index contributed by atoms with van der Waals surface area (Å²) in [4.78, 5) is 11.3. The summed E-state index contributed by atoms with van der Waals surface area (Å²) in [6.45, 7) is 4.92. The van der Waals surface area contributed by atoms with E-state index in [1.165, 1.54) is 0 Å². The zero-order valence-electron chi connectivity index (χ0n) is 9.67. The number of amides is 1. The molecule has 0 atom stereocenters. The maximum Gasteiger partial charge on any atom is 0.412 e. The van der Waals surface area contributed by atoms with Crippen molar-refractivity contribution in [3.8, 4) is 5.75 Å². The van der Waals surface area contributed by atoms with E-state index >= 15 is 0 Å². The number of nitrogens with one attached hydrogen (secondary N) is 1. The average Bonchev–Trinajstić information content (AvgIpc) is 2.11. The molecule has 0 aliphatic carbocycles. The molecule has 1 rings (SSSR count). The maximum atomic E-state index is 13.2. The van der Waals surface area contributed by atoms with Crippen molar-refractivity contribution in [2.24, 2.45) is 0 Å². The molecule has 0 unspecified atom stereocenters. The Morgan fingerprint density at radius 2 is 1.88 bits per heavy atom. The third-order valence-corrected chi connectivity index (χ3v) is 1.67. The lowest BCUT2D eigenvalue weighted by Gasteiger charge is -2.19. The van der Waals surface area contributed by atoms with Crippen molar-refractivity contribution in [3.05, 3.63) is 23.8 Å². The molecule has 0 saturated heterocycles. The molecule has 94 valence electrons. The standard InChI is InChI=1S/C11H13F2NO3/c1-11(2,3)17-10(16)14-8-4-7(13)9(15)5-6(8)12/h4-5,15H,1-3H3,(H,14,16). The van der Waals surface area contributed by atoms with Gasteiger partial charge in [-0.3, -0.25) is 5.32 Å². The van der Waals surface area contributed by atoms with Gasteiger partial charge in [0.05, 0.1) is 5.69 Å². The summed E-state index contributed by atoms with van der Waals surface area (Å²) in [6, 6.07) is 1.25. The number of halogens is 2. The number of hydrogen-bond donors (Lipinski definition) is 2. The predicted octanol–water partition coefficient (Wildman–Crippen LogP) is 3.02. The van der Waals surface area contributed by atoms with Crippen molar-refractivity contribution in [3.63, 3.8) is 0 Å². The molecule has 0 aromatic heterocycles. The molecule has 0 aliphatic heterocycles. The van der Waals surface area contributed by atoms with E-state index in [0.717, 1.165) is 0 Å². The first-order valence-corrected chi connectivity index (χ1v) is 4.87. The van der Waals surface area contributed by atoms with E-state index in [1.807, 2.05) is 5.32 Å². The Hall–Kier alpha value is -1.85. The van der Waals surface area contributed by atoms with Crippen LogP contribution in [0.4, 0.5) is 19.3 Å². The van der Waals surface area contributed by atoms with E-state index in [-0.39, 0.29) is 0 Å². The number of ether oxygens (including phenoxy) is 1. The Morgan fingerprint density at radius 3 is 2.41 bits per heavy atom. The number of phenols is 1. The van der Waals surface area contributed by atoms with Crippen LogP contribution in [-0.2, 0) is 4.74 Å². The predicted molar refractivity (Wildman–Crippen MR) is 57.9 cm³/mol. The van der Waals surface area contributed by atoms with E-state index < -0.39 is 34.8 Å². The summed E-state index contributed by atoms with van der Waals surface area (Å²) in [5.41, 5.74) is -1.13. The molecule has 1 amide bonds. The normalized spacial score (nSPS) is 11.1. The molecule has 1 aromatic rings. The van der Waals surface area contributed by atoms with Crippen molar-refractivity contribution >= 4 is 11.8 Å². The highest BCUT2D eigenvalue weighted by molar-refractivity contribution is 5.85. The van der Waals surface area contributed by atoms with Crippen LogP contribution in [0.2, 0.25) is 0 Å². The van der Waals surface area contributed by atoms with Gasteiger partial charge in [0.2, 0.25) is 0 Å². The van der Waals surface area contributed by atoms with Gasteiger partial charge in [0.1, 0.15) is 5.60 Å². The fraction of sp³-hybridized carbons (Fsp3) is 0.364. The molecule has 0 fully saturated rings. The molecule has 0 heterocycles. The molecule has 2 N–H and O–H groups in total. The zero-order chi connectivity index (χ0) is 13.2. The first-order valence-electron chi connectivity index (χ1n) is 4.87. The highest BCUT2D eigenvalue weighted by Gasteiger charge is 2.18. The van der Waals surface area contributed by atoms with Crippen LogP contribution < -0.4 is 5.32 Å². The van der Waals surface area contributed by atoms with E-state index in [4.69, 9.17) is 9.84 Å². The SMILES string of the molecule is CC(C)(C)OC(=O)Nc1cc(F)c(O)cc1F. The van der Waals surface area contributed by atoms with Crippen molar-refractivity contribution < 1.29 is 23.4 Å². The summed E-state index contributed by atoms with van der Waals surface area (Å²) in [7, 11) is 0. The van der Waals surface area contributed by atoms with E-state index in [0.29, 0.717) is 12.1 Å². The first kappa shape index (κ1) is 13.2. The van der Waals surface area contributed by atoms with Gasteiger partial charge in [-0.25, -0.2) is 13.6 Å². The molecular formula is C11H13F2NO3. The molecule has 0 bridgehead atoms. The minimum Gasteiger partial charge on any atom is -0.505 e. The molecule has 6 heteroatoms. The molecule has 0 spiro atoms. The fourth-order valence-electron chi connectivity index (χ4n) is 1.05. The van der Waals surface area contributed by atoms with Crippen molar-refractivity contribution in [1.82, 2.24) is 0 Å². The molecular weight excluding hydrogens is 232 g/mol. The third-order valence-electron chi connectivity index (χ3n) is 1.67. The van der Waals surface area contributed by atoms with E-state index in [9.17, 15) is 13.6 Å². The van der Waals surface area contributed by atoms with Crippen LogP contribution >= 0.6 is 0 Å². The summed E-state index contributed by atoms with van der Waals surface area (Å²) < 4.78 is 31.0. The maximum absolute atomic E-state index is 13.2. The largest absolute Gasteiger partial charge is 0.505 e. The zero-order valence-corrected chi connectivity index (χ0v) is 9.67. The topological polar surface area (TPSA) is 58.6 Å². The second-order valence-electron chi connectivity index (χ2n) is 4.41. The Kier molecular flexibility index (Phi) is 3.55. The second kappa shape index (κ2) is 4.57. The first-order chi connectivity index (χ1) is 7.69. The summed E-state index contributed by atoms with van der Waals surface area (Å²) in [6.07, 6.45) is -0.901. The van der Waals surface area contributed by atoms with E-state index in [1.54, 1.807) is 20.8 Å². The molecule has 1 aromatic carbocycles. The minimum absolute atomic E-state index is 0.394. The van der Waals surface area contributed by atoms with Gasteiger partial charge in [0.25, 0.3) is 0 Å². The lowest BCUT2D eigenvalue weighted by Crippen LogP contribution is -2.27.